The third-order valence-corrected chi connectivity index (χ3v) is 6.70. The highest BCUT2D eigenvalue weighted by Gasteiger charge is 2.37. The van der Waals surface area contributed by atoms with Crippen LogP contribution in [0.1, 0.15) is 45.7 Å². The Morgan fingerprint density at radius 2 is 1.61 bits per heavy atom. The normalized spacial score (nSPS) is 15.9. The summed E-state index contributed by atoms with van der Waals surface area (Å²) in [7, 11) is 0. The molecule has 3 aromatic carbocycles. The molecule has 36 heavy (non-hydrogen) atoms. The molecule has 2 amide bonds. The van der Waals surface area contributed by atoms with E-state index in [1.807, 2.05) is 37.3 Å². The second-order valence-corrected chi connectivity index (χ2v) is 9.52. The lowest BCUT2D eigenvalue weighted by Crippen LogP contribution is -2.30. The Bertz CT molecular complexity index is 1260. The zero-order valence-electron chi connectivity index (χ0n) is 19.6. The number of esters is 1. The summed E-state index contributed by atoms with van der Waals surface area (Å²) in [5.41, 5.74) is 2.24. The fourth-order valence-electron chi connectivity index (χ4n) is 4.06. The minimum atomic E-state index is -0.634. The van der Waals surface area contributed by atoms with Crippen LogP contribution >= 0.6 is 15.9 Å². The van der Waals surface area contributed by atoms with Gasteiger partial charge < -0.3 is 15.0 Å². The van der Waals surface area contributed by atoms with Crippen LogP contribution in [0, 0.1) is 5.92 Å². The Morgan fingerprint density at radius 1 is 0.972 bits per heavy atom. The average Bonchev–Trinajstić information content (AvgIpc) is 3.29. The van der Waals surface area contributed by atoms with E-state index in [0.29, 0.717) is 17.8 Å². The molecular weight excluding hydrogens is 524 g/mol. The first kappa shape index (κ1) is 25.3. The molecule has 0 aliphatic carbocycles. The summed E-state index contributed by atoms with van der Waals surface area (Å²) in [5.74, 6) is -1.70. The van der Waals surface area contributed by atoms with E-state index in [0.717, 1.165) is 10.0 Å². The van der Waals surface area contributed by atoms with Gasteiger partial charge in [-0.3, -0.25) is 14.4 Å². The number of nitrogens with zero attached hydrogens (tertiary/aromatic N) is 1. The van der Waals surface area contributed by atoms with Crippen molar-refractivity contribution >= 4 is 45.2 Å². The molecule has 1 aliphatic rings. The number of ether oxygens (including phenoxy) is 1. The van der Waals surface area contributed by atoms with E-state index in [4.69, 9.17) is 4.74 Å². The van der Waals surface area contributed by atoms with Gasteiger partial charge in [-0.2, -0.15) is 0 Å². The number of rotatable bonds is 8. The van der Waals surface area contributed by atoms with Gasteiger partial charge in [0.1, 0.15) is 0 Å². The minimum Gasteiger partial charge on any atom is -0.454 e. The van der Waals surface area contributed by atoms with Gasteiger partial charge in [-0.15, -0.1) is 0 Å². The number of nitrogens with one attached hydrogen (secondary N) is 1. The van der Waals surface area contributed by atoms with Crippen molar-refractivity contribution in [2.75, 3.05) is 18.5 Å². The standard InChI is InChI=1S/C28H25BrN2O5/c1-18(19-5-3-2-4-6-19)31-16-22(15-26(31)33)27(34)30-24-13-9-21(10-14-24)28(35)36-17-25(32)20-7-11-23(29)12-8-20/h2-14,18,22H,15-17H2,1H3,(H,30,34)/t18-,22-/m0/s1. The molecule has 7 nitrogen and oxygen atoms in total. The summed E-state index contributed by atoms with van der Waals surface area (Å²) in [6, 6.07) is 22.6. The fraction of sp³-hybridized carbons (Fsp3) is 0.214. The number of hydrogen-bond acceptors (Lipinski definition) is 5. The number of halogens is 1. The van der Waals surface area contributed by atoms with E-state index in [2.05, 4.69) is 21.2 Å². The van der Waals surface area contributed by atoms with Crippen LogP contribution in [0.15, 0.2) is 83.3 Å². The van der Waals surface area contributed by atoms with Crippen LogP contribution in [0.25, 0.3) is 0 Å². The van der Waals surface area contributed by atoms with Crippen LogP contribution < -0.4 is 5.32 Å². The number of carbonyl (C=O) groups is 4. The molecule has 0 saturated carbocycles. The number of carbonyl (C=O) groups excluding carboxylic acids is 4. The zero-order valence-corrected chi connectivity index (χ0v) is 21.2. The van der Waals surface area contributed by atoms with Crippen LogP contribution in [-0.4, -0.2) is 41.6 Å². The van der Waals surface area contributed by atoms with Crippen LogP contribution in [-0.2, 0) is 14.3 Å². The van der Waals surface area contributed by atoms with Crippen LogP contribution in [0.4, 0.5) is 5.69 Å². The third-order valence-electron chi connectivity index (χ3n) is 6.17. The Morgan fingerprint density at radius 3 is 2.28 bits per heavy atom. The highest BCUT2D eigenvalue weighted by Crippen LogP contribution is 2.29. The minimum absolute atomic E-state index is 0.0534. The molecule has 3 aromatic rings. The highest BCUT2D eigenvalue weighted by atomic mass is 79.9. The monoisotopic (exact) mass is 548 g/mol. The maximum absolute atomic E-state index is 12.8. The van der Waals surface area contributed by atoms with Crippen LogP contribution in [0.2, 0.25) is 0 Å². The van der Waals surface area contributed by atoms with E-state index < -0.39 is 11.9 Å². The van der Waals surface area contributed by atoms with Gasteiger partial charge in [0.05, 0.1) is 17.5 Å². The fourth-order valence-corrected chi connectivity index (χ4v) is 4.32. The third kappa shape index (κ3) is 6.07. The largest absolute Gasteiger partial charge is 0.454 e. The van der Waals surface area contributed by atoms with Crippen molar-refractivity contribution in [2.24, 2.45) is 5.92 Å². The first-order chi connectivity index (χ1) is 17.3. The Kier molecular flexibility index (Phi) is 7.95. The van der Waals surface area contributed by atoms with Crippen molar-refractivity contribution in [3.8, 4) is 0 Å². The summed E-state index contributed by atoms with van der Waals surface area (Å²) >= 11 is 3.31. The van der Waals surface area contributed by atoms with Crippen molar-refractivity contribution in [2.45, 2.75) is 19.4 Å². The van der Waals surface area contributed by atoms with E-state index in [1.165, 1.54) is 12.1 Å². The zero-order chi connectivity index (χ0) is 25.7. The molecule has 4 rings (SSSR count). The number of benzene rings is 3. The lowest BCUT2D eigenvalue weighted by atomic mass is 10.1. The highest BCUT2D eigenvalue weighted by molar-refractivity contribution is 9.10. The maximum Gasteiger partial charge on any atom is 0.338 e. The first-order valence-corrected chi connectivity index (χ1v) is 12.3. The Hall–Kier alpha value is -3.78. The Balaban J connectivity index is 1.29. The number of Topliss-reactive ketones (excluding diaryl/α,β-unsaturated/α-hetero) is 1. The second kappa shape index (κ2) is 11.3. The van der Waals surface area contributed by atoms with Gasteiger partial charge in [0.2, 0.25) is 11.8 Å². The molecule has 1 aliphatic heterocycles. The number of likely N-dealkylation sites (tertiary alicyclic amines) is 1. The lowest BCUT2D eigenvalue weighted by molar-refractivity contribution is -0.129. The topological polar surface area (TPSA) is 92.8 Å². The summed E-state index contributed by atoms with van der Waals surface area (Å²) in [5, 5.41) is 2.82. The number of ketones is 1. The van der Waals surface area contributed by atoms with Gasteiger partial charge in [0.15, 0.2) is 12.4 Å². The van der Waals surface area contributed by atoms with E-state index >= 15 is 0 Å². The van der Waals surface area contributed by atoms with Gasteiger partial charge in [-0.05, 0) is 48.9 Å². The smallest absolute Gasteiger partial charge is 0.338 e. The summed E-state index contributed by atoms with van der Waals surface area (Å²) < 4.78 is 5.98. The molecule has 0 spiro atoms. The number of hydrogen-bond donors (Lipinski definition) is 1. The van der Waals surface area contributed by atoms with E-state index in [1.54, 1.807) is 41.3 Å². The van der Waals surface area contributed by atoms with Crippen molar-refractivity contribution in [3.05, 3.63) is 100 Å². The molecule has 0 unspecified atom stereocenters. The van der Waals surface area contributed by atoms with Crippen LogP contribution in [0.5, 0.6) is 0 Å². The van der Waals surface area contributed by atoms with E-state index in [-0.39, 0.29) is 42.2 Å². The number of anilines is 1. The van der Waals surface area contributed by atoms with Gasteiger partial charge >= 0.3 is 5.97 Å². The quantitative estimate of drug-likeness (QED) is 0.314. The first-order valence-electron chi connectivity index (χ1n) is 11.5. The molecule has 0 bridgehead atoms. The summed E-state index contributed by atoms with van der Waals surface area (Å²) in [6.45, 7) is 1.93. The maximum atomic E-state index is 12.8. The molecule has 1 fully saturated rings. The predicted molar refractivity (Wildman–Crippen MR) is 139 cm³/mol. The summed E-state index contributed by atoms with van der Waals surface area (Å²) in [6.07, 6.45) is 0.153. The number of amides is 2. The molecular formula is C28H25BrN2O5. The Labute approximate surface area is 217 Å². The molecule has 184 valence electrons. The van der Waals surface area contributed by atoms with Crippen molar-refractivity contribution in [3.63, 3.8) is 0 Å². The van der Waals surface area contributed by atoms with Crippen LogP contribution in [0.3, 0.4) is 0 Å². The molecule has 1 saturated heterocycles. The molecule has 0 radical (unpaired) electrons. The molecule has 2 atom stereocenters. The molecule has 1 heterocycles. The van der Waals surface area contributed by atoms with Gasteiger partial charge in [0, 0.05) is 28.7 Å². The van der Waals surface area contributed by atoms with Gasteiger partial charge in [-0.1, -0.05) is 58.4 Å². The molecule has 0 aromatic heterocycles. The second-order valence-electron chi connectivity index (χ2n) is 8.61. The van der Waals surface area contributed by atoms with Crippen molar-refractivity contribution in [1.29, 1.82) is 0 Å². The SMILES string of the molecule is C[C@@H](c1ccccc1)N1C[C@@H](C(=O)Nc2ccc(C(=O)OCC(=O)c3ccc(Br)cc3)cc2)CC1=O. The average molecular weight is 549 g/mol. The van der Waals surface area contributed by atoms with Gasteiger partial charge in [0.25, 0.3) is 0 Å². The van der Waals surface area contributed by atoms with Crippen molar-refractivity contribution < 1.29 is 23.9 Å². The molecule has 8 heteroatoms. The molecule has 1 N–H and O–H groups in total. The predicted octanol–water partition coefficient (Wildman–Crippen LogP) is 5.04. The van der Waals surface area contributed by atoms with Gasteiger partial charge in [-0.25, -0.2) is 4.79 Å². The summed E-state index contributed by atoms with van der Waals surface area (Å²) in [4.78, 5) is 51.6. The lowest BCUT2D eigenvalue weighted by Gasteiger charge is -2.25. The van der Waals surface area contributed by atoms with Crippen molar-refractivity contribution in [1.82, 2.24) is 4.90 Å². The van der Waals surface area contributed by atoms with E-state index in [9.17, 15) is 19.2 Å².